The average molecular weight is 466 g/mol. The number of imidazole rings is 1. The molecule has 0 spiro atoms. The molecule has 3 heterocycles. The predicted molar refractivity (Wildman–Crippen MR) is 129 cm³/mol. The van der Waals surface area contributed by atoms with Crippen molar-refractivity contribution in [2.24, 2.45) is 11.8 Å². The minimum atomic E-state index is -0.943. The van der Waals surface area contributed by atoms with E-state index in [2.05, 4.69) is 27.4 Å². The Kier molecular flexibility index (Phi) is 5.78. The largest absolute Gasteiger partial charge is 0.465 e. The second kappa shape index (κ2) is 8.64. The normalized spacial score (nSPS) is 28.6. The topological polar surface area (TPSA) is 102 Å². The predicted octanol–water partition coefficient (Wildman–Crippen LogP) is 4.80. The first-order valence-corrected chi connectivity index (χ1v) is 12.4. The second-order valence-electron chi connectivity index (χ2n) is 10.9. The van der Waals surface area contributed by atoms with Gasteiger partial charge in [0.1, 0.15) is 5.82 Å². The number of carbonyl (C=O) groups is 2. The van der Waals surface area contributed by atoms with Gasteiger partial charge in [0, 0.05) is 42.1 Å². The molecular weight excluding hydrogens is 430 g/mol. The van der Waals surface area contributed by atoms with Gasteiger partial charge in [-0.15, -0.1) is 0 Å². The summed E-state index contributed by atoms with van der Waals surface area (Å²) in [5.41, 5.74) is 1.61. The van der Waals surface area contributed by atoms with Crippen LogP contribution in [0.1, 0.15) is 76.3 Å². The van der Waals surface area contributed by atoms with Crippen molar-refractivity contribution in [2.75, 3.05) is 11.9 Å². The number of carboxylic acid groups (broad SMARTS) is 1. The molecule has 1 saturated heterocycles. The van der Waals surface area contributed by atoms with Gasteiger partial charge in [0.05, 0.1) is 18.0 Å². The van der Waals surface area contributed by atoms with Gasteiger partial charge >= 0.3 is 6.09 Å². The van der Waals surface area contributed by atoms with E-state index in [9.17, 15) is 14.7 Å². The third-order valence-corrected chi connectivity index (χ3v) is 7.87. The fourth-order valence-corrected chi connectivity index (χ4v) is 6.54. The van der Waals surface area contributed by atoms with E-state index in [4.69, 9.17) is 0 Å². The number of benzene rings is 1. The summed E-state index contributed by atoms with van der Waals surface area (Å²) in [7, 11) is 0. The fraction of sp³-hybridized carbons (Fsp3) is 0.577. The number of H-pyrrole nitrogens is 1. The first kappa shape index (κ1) is 22.7. The van der Waals surface area contributed by atoms with Crippen molar-refractivity contribution >= 4 is 17.7 Å². The minimum Gasteiger partial charge on any atom is -0.465 e. The molecule has 182 valence electrons. The molecule has 2 amide bonds. The maximum Gasteiger partial charge on any atom is 0.408 e. The molecule has 1 aromatic carbocycles. The van der Waals surface area contributed by atoms with Crippen LogP contribution in [0.3, 0.4) is 0 Å². The van der Waals surface area contributed by atoms with Crippen molar-refractivity contribution < 1.29 is 14.7 Å². The first-order valence-electron chi connectivity index (χ1n) is 12.4. The van der Waals surface area contributed by atoms with Crippen LogP contribution in [-0.4, -0.2) is 55.0 Å². The average Bonchev–Trinajstić information content (AvgIpc) is 3.48. The van der Waals surface area contributed by atoms with Crippen LogP contribution in [0.25, 0.3) is 0 Å². The molecular formula is C26H35N5O3. The highest BCUT2D eigenvalue weighted by molar-refractivity contribution is 5.82. The zero-order chi connectivity index (χ0) is 24.0. The fourth-order valence-electron chi connectivity index (χ4n) is 6.54. The first-order chi connectivity index (χ1) is 16.3. The zero-order valence-electron chi connectivity index (χ0n) is 20.2. The number of aromatic amines is 1. The van der Waals surface area contributed by atoms with Gasteiger partial charge in [-0.1, -0.05) is 31.0 Å². The SMILES string of the molecule is CC(C)(C)N(C(=O)O)[C@@H]1CCCC[C@@H]1C(=O)N1CC[C@@H]2[C@H](c3ncc[nH]3)Nc3ccccc3[C@@H]21. The number of likely N-dealkylation sites (tertiary alicyclic amines) is 1. The van der Waals surface area contributed by atoms with Crippen LogP contribution in [0.15, 0.2) is 36.7 Å². The van der Waals surface area contributed by atoms with Gasteiger partial charge < -0.3 is 20.3 Å². The lowest BCUT2D eigenvalue weighted by Gasteiger charge is -2.46. The molecule has 3 N–H and O–H groups in total. The number of rotatable bonds is 3. The number of amides is 2. The number of para-hydroxylation sites is 1. The summed E-state index contributed by atoms with van der Waals surface area (Å²) in [6.45, 7) is 6.42. The van der Waals surface area contributed by atoms with Crippen LogP contribution in [0.4, 0.5) is 10.5 Å². The van der Waals surface area contributed by atoms with Gasteiger partial charge in [0.15, 0.2) is 0 Å². The van der Waals surface area contributed by atoms with Crippen molar-refractivity contribution in [2.45, 2.75) is 76.5 Å². The highest BCUT2D eigenvalue weighted by atomic mass is 16.4. The number of nitrogens with zero attached hydrogens (tertiary/aromatic N) is 3. The summed E-state index contributed by atoms with van der Waals surface area (Å²) < 4.78 is 0. The third kappa shape index (κ3) is 3.83. The molecule has 0 bridgehead atoms. The zero-order valence-corrected chi connectivity index (χ0v) is 20.2. The lowest BCUT2D eigenvalue weighted by molar-refractivity contribution is -0.141. The summed E-state index contributed by atoms with van der Waals surface area (Å²) in [5.74, 6) is 0.874. The van der Waals surface area contributed by atoms with Crippen molar-refractivity contribution in [1.82, 2.24) is 19.8 Å². The quantitative estimate of drug-likeness (QED) is 0.604. The highest BCUT2D eigenvalue weighted by Gasteiger charge is 2.50. The molecule has 1 aliphatic carbocycles. The van der Waals surface area contributed by atoms with Gasteiger partial charge in [0.2, 0.25) is 5.91 Å². The molecule has 2 aromatic rings. The summed E-state index contributed by atoms with van der Waals surface area (Å²) in [6, 6.07) is 7.88. The molecule has 1 aromatic heterocycles. The standard InChI is InChI=1S/C26H35N5O3/c1-26(2,3)31(25(33)34)20-11-7-5-9-17(20)24(32)30-15-12-18-21(23-27-13-14-28-23)29-19-10-6-4-8-16(19)22(18)30/h4,6,8,10,13-14,17-18,20-22,29H,5,7,9,11-12,15H2,1-3H3,(H,27,28)(H,33,34)/t17-,18+,20+,21+,22-/m0/s1. The molecule has 1 saturated carbocycles. The summed E-state index contributed by atoms with van der Waals surface area (Å²) >= 11 is 0. The monoisotopic (exact) mass is 465 g/mol. The van der Waals surface area contributed by atoms with E-state index >= 15 is 0 Å². The summed E-state index contributed by atoms with van der Waals surface area (Å²) in [4.78, 5) is 37.8. The smallest absolute Gasteiger partial charge is 0.408 e. The number of hydrogen-bond donors (Lipinski definition) is 3. The number of aromatic nitrogens is 2. The molecule has 5 atom stereocenters. The van der Waals surface area contributed by atoms with Gasteiger partial charge in [-0.3, -0.25) is 9.69 Å². The van der Waals surface area contributed by atoms with Crippen molar-refractivity contribution in [3.63, 3.8) is 0 Å². The van der Waals surface area contributed by atoms with E-state index in [1.54, 1.807) is 6.20 Å². The number of carbonyl (C=O) groups excluding carboxylic acids is 1. The van der Waals surface area contributed by atoms with Crippen molar-refractivity contribution in [3.8, 4) is 0 Å². The molecule has 8 heteroatoms. The van der Waals surface area contributed by atoms with Crippen LogP contribution < -0.4 is 5.32 Å². The van der Waals surface area contributed by atoms with E-state index in [0.717, 1.165) is 49.2 Å². The molecule has 0 radical (unpaired) electrons. The summed E-state index contributed by atoms with van der Waals surface area (Å²) in [5, 5.41) is 13.7. The van der Waals surface area contributed by atoms with Crippen molar-refractivity contribution in [1.29, 1.82) is 0 Å². The van der Waals surface area contributed by atoms with E-state index in [-0.39, 0.29) is 35.9 Å². The third-order valence-electron chi connectivity index (χ3n) is 7.87. The molecule has 8 nitrogen and oxygen atoms in total. The van der Waals surface area contributed by atoms with Crippen LogP contribution >= 0.6 is 0 Å². The number of anilines is 1. The molecule has 34 heavy (non-hydrogen) atoms. The number of hydrogen-bond acceptors (Lipinski definition) is 4. The van der Waals surface area contributed by atoms with Gasteiger partial charge in [0.25, 0.3) is 0 Å². The van der Waals surface area contributed by atoms with Gasteiger partial charge in [-0.05, 0) is 51.7 Å². The Bertz CT molecular complexity index is 1050. The van der Waals surface area contributed by atoms with Gasteiger partial charge in [-0.2, -0.15) is 0 Å². The number of nitrogens with one attached hydrogen (secondary N) is 2. The molecule has 2 fully saturated rings. The molecule has 2 aliphatic heterocycles. The second-order valence-corrected chi connectivity index (χ2v) is 10.9. The Balaban J connectivity index is 1.49. The van der Waals surface area contributed by atoms with E-state index in [0.29, 0.717) is 6.54 Å². The van der Waals surface area contributed by atoms with Crippen LogP contribution in [-0.2, 0) is 4.79 Å². The van der Waals surface area contributed by atoms with Crippen molar-refractivity contribution in [3.05, 3.63) is 48.0 Å². The Hall–Kier alpha value is -3.03. The minimum absolute atomic E-state index is 0.0000500. The maximum absolute atomic E-state index is 14.2. The Morgan fingerprint density at radius 3 is 2.62 bits per heavy atom. The number of fused-ring (bicyclic) bond motifs is 3. The summed E-state index contributed by atoms with van der Waals surface area (Å²) in [6.07, 6.45) is 6.92. The van der Waals surface area contributed by atoms with Crippen LogP contribution in [0.5, 0.6) is 0 Å². The molecule has 5 rings (SSSR count). The molecule has 0 unspecified atom stereocenters. The molecule has 3 aliphatic rings. The van der Waals surface area contributed by atoms with E-state index in [1.165, 1.54) is 4.90 Å². The van der Waals surface area contributed by atoms with Gasteiger partial charge in [-0.25, -0.2) is 9.78 Å². The van der Waals surface area contributed by atoms with E-state index < -0.39 is 11.6 Å². The lowest BCUT2D eigenvalue weighted by atomic mass is 9.79. The Morgan fingerprint density at radius 1 is 1.15 bits per heavy atom. The maximum atomic E-state index is 14.2. The Labute approximate surface area is 200 Å². The Morgan fingerprint density at radius 2 is 1.91 bits per heavy atom. The van der Waals surface area contributed by atoms with Crippen LogP contribution in [0, 0.1) is 11.8 Å². The van der Waals surface area contributed by atoms with Crippen LogP contribution in [0.2, 0.25) is 0 Å². The van der Waals surface area contributed by atoms with E-state index in [1.807, 2.05) is 44.0 Å². The highest BCUT2D eigenvalue weighted by Crippen LogP contribution is 2.51. The lowest BCUT2D eigenvalue weighted by Crippen LogP contribution is -2.57.